The number of rotatable bonds is 1. The minimum Gasteiger partial charge on any atom is -0.369 e. The first-order valence-electron chi connectivity index (χ1n) is 7.88. The fourth-order valence-corrected chi connectivity index (χ4v) is 3.04. The lowest BCUT2D eigenvalue weighted by atomic mass is 9.82. The highest BCUT2D eigenvalue weighted by Gasteiger charge is 2.33. The van der Waals surface area contributed by atoms with Crippen LogP contribution in [0.5, 0.6) is 0 Å². The van der Waals surface area contributed by atoms with Crippen molar-refractivity contribution in [1.82, 2.24) is 0 Å². The lowest BCUT2D eigenvalue weighted by Gasteiger charge is -2.22. The van der Waals surface area contributed by atoms with E-state index in [4.69, 9.17) is 22.8 Å². The van der Waals surface area contributed by atoms with E-state index in [1.165, 1.54) is 0 Å². The molecule has 2 nitrogen and oxygen atoms in total. The maximum absolute atomic E-state index is 11.8. The molecule has 0 bridgehead atoms. The van der Waals surface area contributed by atoms with Gasteiger partial charge in [0.25, 0.3) is 0 Å². The van der Waals surface area contributed by atoms with Crippen molar-refractivity contribution in [3.8, 4) is 0 Å². The number of carbonyl (C=O) groups is 1. The molecule has 3 heteroatoms. The topological polar surface area (TPSA) is 43.1 Å². The van der Waals surface area contributed by atoms with Gasteiger partial charge in [-0.1, -0.05) is 11.6 Å². The quantitative estimate of drug-likeness (QED) is 0.832. The van der Waals surface area contributed by atoms with Crippen LogP contribution in [0.1, 0.15) is 41.3 Å². The van der Waals surface area contributed by atoms with Crippen LogP contribution in [0.2, 0.25) is 5.02 Å². The molecule has 2 N–H and O–H groups in total. The Morgan fingerprint density at radius 2 is 2.33 bits per heavy atom. The molecule has 2 aliphatic carbocycles. The summed E-state index contributed by atoms with van der Waals surface area (Å²) >= 11 is 6.09. The van der Waals surface area contributed by atoms with Gasteiger partial charge in [-0.25, -0.2) is 0 Å². The SMILES string of the molecule is [2H]C1([2H])CC(C(N)=O)C2=C(c3cc(Cl)cc(C)c3C2)C1([2H])[2H]. The van der Waals surface area contributed by atoms with Crippen molar-refractivity contribution >= 4 is 23.1 Å². The lowest BCUT2D eigenvalue weighted by Crippen LogP contribution is -2.27. The average molecular weight is 266 g/mol. The summed E-state index contributed by atoms with van der Waals surface area (Å²) in [7, 11) is 0. The molecule has 1 atom stereocenters. The number of hydrogen-bond acceptors (Lipinski definition) is 1. The van der Waals surface area contributed by atoms with Gasteiger partial charge in [-0.2, -0.15) is 0 Å². The van der Waals surface area contributed by atoms with Crippen LogP contribution in [-0.4, -0.2) is 5.91 Å². The van der Waals surface area contributed by atoms with Crippen LogP contribution in [0.3, 0.4) is 0 Å². The van der Waals surface area contributed by atoms with Crippen molar-refractivity contribution in [2.45, 2.75) is 32.5 Å². The summed E-state index contributed by atoms with van der Waals surface area (Å²) in [5, 5.41) is 0.475. The largest absolute Gasteiger partial charge is 0.369 e. The molecule has 1 unspecified atom stereocenters. The van der Waals surface area contributed by atoms with Gasteiger partial charge >= 0.3 is 0 Å². The summed E-state index contributed by atoms with van der Waals surface area (Å²) in [6.45, 7) is 1.88. The van der Waals surface area contributed by atoms with E-state index in [2.05, 4.69) is 0 Å². The number of aryl methyl sites for hydroxylation is 1. The molecule has 94 valence electrons. The number of allylic oxidation sites excluding steroid dienone is 1. The standard InChI is InChI=1S/C15H16ClNO/c1-8-5-9(16)6-13-10-3-2-4-11(15(17)18)14(10)7-12(8)13/h5-6,11H,2-4,7H2,1H3,(H2,17,18)/i2D2,3D2. The number of primary amides is 1. The van der Waals surface area contributed by atoms with Crippen LogP contribution in [0.15, 0.2) is 17.7 Å². The molecule has 2 aliphatic rings. The van der Waals surface area contributed by atoms with Crippen molar-refractivity contribution in [3.63, 3.8) is 0 Å². The van der Waals surface area contributed by atoms with Crippen LogP contribution in [0, 0.1) is 12.8 Å². The van der Waals surface area contributed by atoms with Gasteiger partial charge in [0.2, 0.25) is 5.91 Å². The molecule has 18 heavy (non-hydrogen) atoms. The predicted octanol–water partition coefficient (Wildman–Crippen LogP) is 3.24. The summed E-state index contributed by atoms with van der Waals surface area (Å²) < 4.78 is 32.7. The van der Waals surface area contributed by atoms with Gasteiger partial charge in [0.05, 0.1) is 5.92 Å². The van der Waals surface area contributed by atoms with E-state index in [-0.39, 0.29) is 12.0 Å². The highest BCUT2D eigenvalue weighted by Crippen LogP contribution is 2.45. The number of carbonyl (C=O) groups excluding carboxylic acids is 1. The Kier molecular flexibility index (Phi) is 1.84. The minimum atomic E-state index is -2.18. The maximum Gasteiger partial charge on any atom is 0.224 e. The number of halogens is 1. The predicted molar refractivity (Wildman–Crippen MR) is 73.3 cm³/mol. The number of nitrogens with two attached hydrogens (primary N) is 1. The smallest absolute Gasteiger partial charge is 0.224 e. The lowest BCUT2D eigenvalue weighted by molar-refractivity contribution is -0.121. The Labute approximate surface area is 117 Å². The van der Waals surface area contributed by atoms with Gasteiger partial charge in [0, 0.05) is 10.5 Å². The second-order valence-electron chi connectivity index (χ2n) is 4.79. The molecule has 0 heterocycles. The molecule has 1 amide bonds. The number of fused-ring (bicyclic) bond motifs is 2. The van der Waals surface area contributed by atoms with Crippen molar-refractivity contribution in [1.29, 1.82) is 0 Å². The van der Waals surface area contributed by atoms with E-state index in [0.717, 1.165) is 11.1 Å². The molecule has 0 aliphatic heterocycles. The molecular weight excluding hydrogens is 246 g/mol. The van der Waals surface area contributed by atoms with Gasteiger partial charge < -0.3 is 5.73 Å². The van der Waals surface area contributed by atoms with Crippen molar-refractivity contribution in [2.24, 2.45) is 11.7 Å². The Hall–Kier alpha value is -1.28. The fourth-order valence-electron chi connectivity index (χ4n) is 2.76. The van der Waals surface area contributed by atoms with Gasteiger partial charge in [-0.05, 0) is 72.5 Å². The van der Waals surface area contributed by atoms with Gasteiger partial charge in [-0.15, -0.1) is 0 Å². The molecule has 3 rings (SSSR count). The van der Waals surface area contributed by atoms with E-state index >= 15 is 0 Å². The molecule has 0 radical (unpaired) electrons. The van der Waals surface area contributed by atoms with Crippen molar-refractivity contribution in [3.05, 3.63) is 39.4 Å². The molecule has 0 saturated heterocycles. The molecule has 1 aromatic carbocycles. The number of amides is 1. The number of benzene rings is 1. The second-order valence-corrected chi connectivity index (χ2v) is 5.22. The van der Waals surface area contributed by atoms with Gasteiger partial charge in [0.1, 0.15) is 0 Å². The Bertz CT molecular complexity index is 726. The Balaban J connectivity index is 2.30. The summed E-state index contributed by atoms with van der Waals surface area (Å²) in [6.07, 6.45) is -4.15. The fraction of sp³-hybridized carbons (Fsp3) is 0.400. The van der Waals surface area contributed by atoms with E-state index in [1.807, 2.05) is 6.92 Å². The van der Waals surface area contributed by atoms with E-state index in [1.54, 1.807) is 12.1 Å². The summed E-state index contributed by atoms with van der Waals surface area (Å²) in [6, 6.07) is 3.45. The number of hydrogen-bond donors (Lipinski definition) is 1. The third kappa shape index (κ3) is 1.67. The zero-order valence-electron chi connectivity index (χ0n) is 14.0. The Morgan fingerprint density at radius 3 is 3.06 bits per heavy atom. The first kappa shape index (κ1) is 8.00. The highest BCUT2D eigenvalue weighted by atomic mass is 35.5. The van der Waals surface area contributed by atoms with Crippen LogP contribution in [0.4, 0.5) is 0 Å². The average Bonchev–Trinajstić information content (AvgIpc) is 2.74. The normalized spacial score (nSPS) is 30.7. The first-order valence-corrected chi connectivity index (χ1v) is 6.26. The zero-order chi connectivity index (χ0) is 16.4. The van der Waals surface area contributed by atoms with Crippen LogP contribution in [0.25, 0.3) is 5.57 Å². The van der Waals surface area contributed by atoms with Crippen LogP contribution in [-0.2, 0) is 11.2 Å². The molecule has 0 spiro atoms. The second kappa shape index (κ2) is 4.13. The minimum absolute atomic E-state index is 0.227. The van der Waals surface area contributed by atoms with E-state index < -0.39 is 24.6 Å². The molecule has 0 fully saturated rings. The van der Waals surface area contributed by atoms with Gasteiger partial charge in [-0.3, -0.25) is 4.79 Å². The molecule has 0 aromatic heterocycles. The summed E-state index contributed by atoms with van der Waals surface area (Å²) in [5.74, 6) is -1.39. The Morgan fingerprint density at radius 1 is 1.56 bits per heavy atom. The third-order valence-electron chi connectivity index (χ3n) is 3.68. The highest BCUT2D eigenvalue weighted by molar-refractivity contribution is 6.30. The zero-order valence-corrected chi connectivity index (χ0v) is 10.8. The van der Waals surface area contributed by atoms with Gasteiger partial charge in [0.15, 0.2) is 0 Å². The summed E-state index contributed by atoms with van der Waals surface area (Å²) in [5.41, 5.74) is 8.74. The van der Waals surface area contributed by atoms with Crippen molar-refractivity contribution < 1.29 is 10.3 Å². The molecule has 1 aromatic rings. The van der Waals surface area contributed by atoms with Crippen LogP contribution >= 0.6 is 11.6 Å². The van der Waals surface area contributed by atoms with E-state index in [9.17, 15) is 4.79 Å². The van der Waals surface area contributed by atoms with E-state index in [0.29, 0.717) is 22.6 Å². The first-order chi connectivity index (χ1) is 10.1. The monoisotopic (exact) mass is 265 g/mol. The summed E-state index contributed by atoms with van der Waals surface area (Å²) in [4.78, 5) is 11.8. The third-order valence-corrected chi connectivity index (χ3v) is 3.90. The molecule has 0 saturated carbocycles. The van der Waals surface area contributed by atoms with Crippen LogP contribution < -0.4 is 5.73 Å². The molecular formula is C15H16ClNO. The van der Waals surface area contributed by atoms with Crippen molar-refractivity contribution in [2.75, 3.05) is 0 Å². The maximum atomic E-state index is 11.8.